The number of hydrogen-bond acceptors (Lipinski definition) is 8. The van der Waals surface area contributed by atoms with Crippen LogP contribution < -0.4 is 14.4 Å². The van der Waals surface area contributed by atoms with Crippen LogP contribution in [0.1, 0.15) is 10.4 Å². The first-order valence-electron chi connectivity index (χ1n) is 12.6. The van der Waals surface area contributed by atoms with Gasteiger partial charge in [-0.25, -0.2) is 26.2 Å². The lowest BCUT2D eigenvalue weighted by Gasteiger charge is -2.21. The van der Waals surface area contributed by atoms with Crippen LogP contribution in [0.3, 0.4) is 0 Å². The van der Waals surface area contributed by atoms with E-state index in [0.29, 0.717) is 0 Å². The van der Waals surface area contributed by atoms with Crippen molar-refractivity contribution in [2.75, 3.05) is 0 Å². The molecule has 0 atom stereocenters. The molecule has 43 heavy (non-hydrogen) atoms. The summed E-state index contributed by atoms with van der Waals surface area (Å²) in [5, 5.41) is 9.38. The van der Waals surface area contributed by atoms with Gasteiger partial charge < -0.3 is 14.2 Å². The Labute approximate surface area is 248 Å². The first-order valence-corrected chi connectivity index (χ1v) is 17.1. The Hall–Kier alpha value is -4.70. The van der Waals surface area contributed by atoms with E-state index in [4.69, 9.17) is 9.05 Å². The molecule has 0 aliphatic carbocycles. The van der Waals surface area contributed by atoms with Crippen molar-refractivity contribution >= 4 is 38.5 Å². The van der Waals surface area contributed by atoms with Gasteiger partial charge in [0, 0.05) is 0 Å². The van der Waals surface area contributed by atoms with Crippen LogP contribution in [0.5, 0.6) is 11.5 Å². The largest absolute Gasteiger partial charge is 0.478 e. The topological polar surface area (TPSA) is 141 Å². The van der Waals surface area contributed by atoms with E-state index >= 15 is 0 Å². The van der Waals surface area contributed by atoms with E-state index in [-0.39, 0.29) is 41.9 Å². The monoisotopic (exact) mass is 634 g/mol. The summed E-state index contributed by atoms with van der Waals surface area (Å²) in [7, 11) is -12.0. The third kappa shape index (κ3) is 6.39. The molecule has 5 aromatic carbocycles. The number of hydrogen-bond donors (Lipinski definition) is 1. The van der Waals surface area contributed by atoms with Gasteiger partial charge in [0.05, 0.1) is 30.4 Å². The molecule has 0 spiro atoms. The summed E-state index contributed by atoms with van der Waals surface area (Å²) >= 11 is 0. The van der Waals surface area contributed by atoms with Gasteiger partial charge in [0.2, 0.25) is 19.7 Å². The molecule has 5 rings (SSSR count). The average molecular weight is 635 g/mol. The lowest BCUT2D eigenvalue weighted by atomic mass is 10.2. The summed E-state index contributed by atoms with van der Waals surface area (Å²) < 4.78 is 77.7. The Morgan fingerprint density at radius 1 is 0.535 bits per heavy atom. The number of rotatable bonds is 10. The van der Waals surface area contributed by atoms with Crippen molar-refractivity contribution in [1.82, 2.24) is 0 Å². The predicted molar refractivity (Wildman–Crippen MR) is 159 cm³/mol. The zero-order chi connectivity index (χ0) is 30.7. The Balaban J connectivity index is 1.47. The molecule has 0 unspecified atom stereocenters. The minimum absolute atomic E-state index is 0.0145. The van der Waals surface area contributed by atoms with E-state index in [1.807, 2.05) is 0 Å². The molecular weight excluding hydrogens is 611 g/mol. The van der Waals surface area contributed by atoms with Gasteiger partial charge in [-0.05, 0) is 91.0 Å². The summed E-state index contributed by atoms with van der Waals surface area (Å²) in [5.74, 6) is -1.29. The van der Waals surface area contributed by atoms with Crippen molar-refractivity contribution in [3.05, 3.63) is 139 Å². The zero-order valence-electron chi connectivity index (χ0n) is 22.2. The maximum absolute atomic E-state index is 14.3. The van der Waals surface area contributed by atoms with Gasteiger partial charge in [0.15, 0.2) is 0 Å². The molecule has 12 heteroatoms. The highest BCUT2D eigenvalue weighted by Crippen LogP contribution is 2.48. The van der Waals surface area contributed by atoms with Crippen LogP contribution >= 0.6 is 7.60 Å². The smallest absolute Gasteiger partial charge is 0.462 e. The Kier molecular flexibility index (Phi) is 8.23. The number of carboxylic acid groups (broad SMARTS) is 1. The number of aromatic carboxylic acids is 1. The molecule has 0 heterocycles. The molecule has 0 saturated carbocycles. The lowest BCUT2D eigenvalue weighted by Crippen LogP contribution is -2.16. The van der Waals surface area contributed by atoms with Crippen LogP contribution in [0.2, 0.25) is 0 Å². The molecule has 0 radical (unpaired) electrons. The molecule has 1 N–H and O–H groups in total. The van der Waals surface area contributed by atoms with E-state index < -0.39 is 33.2 Å². The van der Waals surface area contributed by atoms with Crippen molar-refractivity contribution in [3.63, 3.8) is 0 Å². The van der Waals surface area contributed by atoms with Crippen molar-refractivity contribution in [2.24, 2.45) is 0 Å². The van der Waals surface area contributed by atoms with E-state index in [1.165, 1.54) is 91.0 Å². The van der Waals surface area contributed by atoms with Crippen LogP contribution in [-0.2, 0) is 24.2 Å². The summed E-state index contributed by atoms with van der Waals surface area (Å²) in [6, 6.07) is 31.3. The standard InChI is InChI=1S/C31H23O9PS2/c32-31(33)23-8-7-9-26(22-23)41(34,39-24-14-18-29(19-15-24)42(35,36)27-10-3-1-4-11-27)40-25-16-20-30(21-17-25)43(37,38)28-12-5-2-6-13-28/h1-22H,(H,32,33). The second-order valence-electron chi connectivity index (χ2n) is 9.11. The van der Waals surface area contributed by atoms with Gasteiger partial charge in [-0.3, -0.25) is 0 Å². The maximum Gasteiger partial charge on any atom is 0.462 e. The van der Waals surface area contributed by atoms with E-state index in [0.717, 1.165) is 6.07 Å². The Morgan fingerprint density at radius 2 is 0.930 bits per heavy atom. The molecule has 0 fully saturated rings. The molecule has 0 amide bonds. The molecule has 0 aromatic heterocycles. The van der Waals surface area contributed by atoms with Crippen LogP contribution in [0.15, 0.2) is 153 Å². The normalized spacial score (nSPS) is 11.9. The number of carbonyl (C=O) groups is 1. The van der Waals surface area contributed by atoms with Gasteiger partial charge in [-0.1, -0.05) is 42.5 Å². The number of sulfone groups is 2. The first-order chi connectivity index (χ1) is 20.5. The molecule has 0 saturated heterocycles. The summed E-state index contributed by atoms with van der Waals surface area (Å²) in [6.07, 6.45) is 0. The lowest BCUT2D eigenvalue weighted by molar-refractivity contribution is 0.0697. The fourth-order valence-electron chi connectivity index (χ4n) is 4.04. The molecule has 9 nitrogen and oxygen atoms in total. The summed E-state index contributed by atoms with van der Waals surface area (Å²) in [5.41, 5.74) is -0.168. The van der Waals surface area contributed by atoms with E-state index in [2.05, 4.69) is 0 Å². The van der Waals surface area contributed by atoms with Crippen LogP contribution in [0, 0.1) is 0 Å². The molecule has 5 aromatic rings. The van der Waals surface area contributed by atoms with E-state index in [9.17, 15) is 31.3 Å². The van der Waals surface area contributed by atoms with Crippen molar-refractivity contribution in [1.29, 1.82) is 0 Å². The van der Waals surface area contributed by atoms with Crippen molar-refractivity contribution in [2.45, 2.75) is 19.6 Å². The molecule has 0 aliphatic heterocycles. The zero-order valence-corrected chi connectivity index (χ0v) is 24.7. The Morgan fingerprint density at radius 3 is 1.33 bits per heavy atom. The van der Waals surface area contributed by atoms with Gasteiger partial charge >= 0.3 is 13.6 Å². The fraction of sp³-hybridized carbons (Fsp3) is 0. The van der Waals surface area contributed by atoms with Gasteiger partial charge in [-0.2, -0.15) is 0 Å². The average Bonchev–Trinajstić information content (AvgIpc) is 3.02. The number of benzene rings is 5. The van der Waals surface area contributed by atoms with Crippen LogP contribution in [0.4, 0.5) is 0 Å². The second kappa shape index (κ2) is 11.9. The highest BCUT2D eigenvalue weighted by atomic mass is 32.2. The van der Waals surface area contributed by atoms with Crippen LogP contribution in [0.25, 0.3) is 0 Å². The molecule has 0 bridgehead atoms. The second-order valence-corrected chi connectivity index (χ2v) is 14.9. The predicted octanol–water partition coefficient (Wildman–Crippen LogP) is 6.03. The van der Waals surface area contributed by atoms with Crippen molar-refractivity contribution in [3.8, 4) is 11.5 Å². The van der Waals surface area contributed by atoms with E-state index in [1.54, 1.807) is 36.4 Å². The summed E-state index contributed by atoms with van der Waals surface area (Å²) in [6.45, 7) is 0. The van der Waals surface area contributed by atoms with Crippen LogP contribution in [-0.4, -0.2) is 27.9 Å². The third-order valence-corrected chi connectivity index (χ3v) is 11.6. The SMILES string of the molecule is O=C(O)c1cccc(P(=O)(Oc2ccc(S(=O)(=O)c3ccccc3)cc2)Oc2ccc(S(=O)(=O)c3ccccc3)cc2)c1. The van der Waals surface area contributed by atoms with Gasteiger partial charge in [0.25, 0.3) is 0 Å². The first kappa shape index (κ1) is 29.8. The summed E-state index contributed by atoms with van der Waals surface area (Å²) in [4.78, 5) is 11.8. The highest BCUT2D eigenvalue weighted by Gasteiger charge is 2.33. The fourth-order valence-corrected chi connectivity index (χ4v) is 8.22. The molecule has 218 valence electrons. The number of carboxylic acids is 1. The minimum Gasteiger partial charge on any atom is -0.478 e. The quantitative estimate of drug-likeness (QED) is 0.182. The minimum atomic E-state index is -4.37. The highest BCUT2D eigenvalue weighted by molar-refractivity contribution is 7.91. The maximum atomic E-state index is 14.3. The molecular formula is C31H23O9PS2. The third-order valence-electron chi connectivity index (χ3n) is 6.24. The molecule has 0 aliphatic rings. The van der Waals surface area contributed by atoms with Gasteiger partial charge in [-0.15, -0.1) is 0 Å². The van der Waals surface area contributed by atoms with Gasteiger partial charge in [0.1, 0.15) is 11.5 Å². The van der Waals surface area contributed by atoms with Crippen molar-refractivity contribution < 1.29 is 40.3 Å². The Bertz CT molecular complexity index is 1910.